The van der Waals surface area contributed by atoms with Crippen LogP contribution in [0.5, 0.6) is 0 Å². The lowest BCUT2D eigenvalue weighted by Crippen LogP contribution is -2.49. The molecule has 0 aromatic heterocycles. The van der Waals surface area contributed by atoms with Crippen molar-refractivity contribution in [3.05, 3.63) is 35.4 Å². The minimum Gasteiger partial charge on any atom is -0.480 e. The number of benzene rings is 1. The molecule has 1 aliphatic heterocycles. The lowest BCUT2D eigenvalue weighted by molar-refractivity contribution is -0.150. The van der Waals surface area contributed by atoms with E-state index in [0.29, 0.717) is 13.2 Å². The van der Waals surface area contributed by atoms with Gasteiger partial charge in [-0.2, -0.15) is 0 Å². The van der Waals surface area contributed by atoms with Gasteiger partial charge in [-0.05, 0) is 18.2 Å². The van der Waals surface area contributed by atoms with Crippen molar-refractivity contribution in [3.8, 4) is 0 Å². The fourth-order valence-corrected chi connectivity index (χ4v) is 1.94. The number of carboxylic acid groups (broad SMARTS) is 1. The van der Waals surface area contributed by atoms with Crippen LogP contribution in [-0.4, -0.2) is 41.8 Å². The van der Waals surface area contributed by atoms with Crippen molar-refractivity contribution in [3.63, 3.8) is 0 Å². The number of nitrogens with zero attached hydrogens (tertiary/aromatic N) is 1. The van der Waals surface area contributed by atoms with E-state index in [0.717, 1.165) is 18.2 Å². The first-order valence-corrected chi connectivity index (χ1v) is 5.56. The number of ether oxygens (including phenoxy) is 1. The maximum atomic E-state index is 13.5. The number of hydrogen-bond acceptors (Lipinski definition) is 3. The van der Waals surface area contributed by atoms with Crippen molar-refractivity contribution < 1.29 is 23.4 Å². The standard InChI is InChI=1S/C12H13F2NO3/c13-9-1-2-10(14)8(5-9)6-15-3-4-18-7-11(15)12(16)17/h1-2,5,11H,3-4,6-7H2,(H,16,17). The Kier molecular flexibility index (Phi) is 3.88. The molecule has 1 unspecified atom stereocenters. The topological polar surface area (TPSA) is 49.8 Å². The molecule has 1 aliphatic rings. The summed E-state index contributed by atoms with van der Waals surface area (Å²) >= 11 is 0. The van der Waals surface area contributed by atoms with Crippen LogP contribution < -0.4 is 0 Å². The normalized spacial score (nSPS) is 20.9. The Balaban J connectivity index is 2.15. The summed E-state index contributed by atoms with van der Waals surface area (Å²) in [5.74, 6) is -2.09. The van der Waals surface area contributed by atoms with Crippen LogP contribution in [0, 0.1) is 11.6 Å². The Bertz CT molecular complexity index is 453. The number of rotatable bonds is 3. The van der Waals surface area contributed by atoms with Crippen LogP contribution >= 0.6 is 0 Å². The smallest absolute Gasteiger partial charge is 0.323 e. The number of aliphatic carboxylic acids is 1. The summed E-state index contributed by atoms with van der Waals surface area (Å²) in [6, 6.07) is 2.35. The van der Waals surface area contributed by atoms with Crippen LogP contribution in [0.25, 0.3) is 0 Å². The molecular weight excluding hydrogens is 244 g/mol. The molecule has 1 fully saturated rings. The number of morpholine rings is 1. The van der Waals surface area contributed by atoms with Gasteiger partial charge >= 0.3 is 5.97 Å². The van der Waals surface area contributed by atoms with Crippen LogP contribution in [0.15, 0.2) is 18.2 Å². The molecule has 0 radical (unpaired) electrons. The van der Waals surface area contributed by atoms with E-state index in [2.05, 4.69) is 0 Å². The molecule has 1 aromatic rings. The summed E-state index contributed by atoms with van der Waals surface area (Å²) in [6.07, 6.45) is 0. The van der Waals surface area contributed by atoms with Crippen molar-refractivity contribution in [2.75, 3.05) is 19.8 Å². The molecule has 1 atom stereocenters. The zero-order valence-electron chi connectivity index (χ0n) is 9.60. The molecule has 18 heavy (non-hydrogen) atoms. The fourth-order valence-electron chi connectivity index (χ4n) is 1.94. The third kappa shape index (κ3) is 2.83. The van der Waals surface area contributed by atoms with Crippen LogP contribution in [0.1, 0.15) is 5.56 Å². The van der Waals surface area contributed by atoms with Gasteiger partial charge in [-0.3, -0.25) is 9.69 Å². The maximum Gasteiger partial charge on any atom is 0.323 e. The minimum absolute atomic E-state index is 0.0594. The molecule has 98 valence electrons. The highest BCUT2D eigenvalue weighted by molar-refractivity contribution is 5.73. The Morgan fingerprint density at radius 2 is 2.28 bits per heavy atom. The SMILES string of the molecule is O=C(O)C1COCCN1Cc1cc(F)ccc1F. The average molecular weight is 257 g/mol. The fraction of sp³-hybridized carbons (Fsp3) is 0.417. The molecule has 2 rings (SSSR count). The third-order valence-corrected chi connectivity index (χ3v) is 2.91. The van der Waals surface area contributed by atoms with E-state index in [9.17, 15) is 13.6 Å². The van der Waals surface area contributed by atoms with Gasteiger partial charge in [-0.25, -0.2) is 8.78 Å². The molecule has 0 bridgehead atoms. The van der Waals surface area contributed by atoms with Gasteiger partial charge in [0.05, 0.1) is 13.2 Å². The van der Waals surface area contributed by atoms with E-state index in [1.165, 1.54) is 0 Å². The van der Waals surface area contributed by atoms with Gasteiger partial charge in [-0.1, -0.05) is 0 Å². The van der Waals surface area contributed by atoms with Crippen LogP contribution in [0.2, 0.25) is 0 Å². The highest BCUT2D eigenvalue weighted by atomic mass is 19.1. The Labute approximate surface area is 103 Å². The first-order valence-electron chi connectivity index (χ1n) is 5.56. The van der Waals surface area contributed by atoms with E-state index in [4.69, 9.17) is 9.84 Å². The minimum atomic E-state index is -1.02. The molecule has 1 N–H and O–H groups in total. The van der Waals surface area contributed by atoms with Gasteiger partial charge in [0, 0.05) is 18.7 Å². The summed E-state index contributed by atoms with van der Waals surface area (Å²) in [6.45, 7) is 0.893. The summed E-state index contributed by atoms with van der Waals surface area (Å²) in [4.78, 5) is 12.6. The molecule has 1 aromatic carbocycles. The number of carbonyl (C=O) groups is 1. The molecule has 0 saturated carbocycles. The summed E-state index contributed by atoms with van der Waals surface area (Å²) in [5.41, 5.74) is 0.156. The van der Waals surface area contributed by atoms with Crippen molar-refractivity contribution in [2.24, 2.45) is 0 Å². The molecule has 6 heteroatoms. The molecule has 4 nitrogen and oxygen atoms in total. The summed E-state index contributed by atoms with van der Waals surface area (Å²) in [7, 11) is 0. The summed E-state index contributed by atoms with van der Waals surface area (Å²) < 4.78 is 31.6. The molecular formula is C12H13F2NO3. The molecule has 0 spiro atoms. The van der Waals surface area contributed by atoms with E-state index in [1.807, 2.05) is 0 Å². The molecule has 1 saturated heterocycles. The van der Waals surface area contributed by atoms with Gasteiger partial charge < -0.3 is 9.84 Å². The second-order valence-electron chi connectivity index (χ2n) is 4.14. The Morgan fingerprint density at radius 3 is 3.00 bits per heavy atom. The van der Waals surface area contributed by atoms with Gasteiger partial charge in [0.25, 0.3) is 0 Å². The second-order valence-corrected chi connectivity index (χ2v) is 4.14. The lowest BCUT2D eigenvalue weighted by Gasteiger charge is -2.32. The number of halogens is 2. The van der Waals surface area contributed by atoms with Crippen molar-refractivity contribution >= 4 is 5.97 Å². The highest BCUT2D eigenvalue weighted by Gasteiger charge is 2.29. The molecule has 0 amide bonds. The summed E-state index contributed by atoms with van der Waals surface area (Å²) in [5, 5.41) is 9.02. The van der Waals surface area contributed by atoms with Crippen molar-refractivity contribution in [1.82, 2.24) is 4.90 Å². The second kappa shape index (κ2) is 5.41. The Hall–Kier alpha value is -1.53. The van der Waals surface area contributed by atoms with Crippen LogP contribution in [-0.2, 0) is 16.1 Å². The van der Waals surface area contributed by atoms with Gasteiger partial charge in [0.15, 0.2) is 0 Å². The predicted octanol–water partition coefficient (Wildman–Crippen LogP) is 1.25. The first kappa shape index (κ1) is 12.9. The largest absolute Gasteiger partial charge is 0.480 e. The lowest BCUT2D eigenvalue weighted by atomic mass is 10.1. The zero-order valence-corrected chi connectivity index (χ0v) is 9.60. The van der Waals surface area contributed by atoms with Gasteiger partial charge in [-0.15, -0.1) is 0 Å². The zero-order chi connectivity index (χ0) is 13.1. The van der Waals surface area contributed by atoms with Crippen LogP contribution in [0.3, 0.4) is 0 Å². The molecule has 1 heterocycles. The average Bonchev–Trinajstić information content (AvgIpc) is 2.34. The number of hydrogen-bond donors (Lipinski definition) is 1. The van der Waals surface area contributed by atoms with Crippen molar-refractivity contribution in [1.29, 1.82) is 0 Å². The van der Waals surface area contributed by atoms with E-state index in [-0.39, 0.29) is 18.7 Å². The monoisotopic (exact) mass is 257 g/mol. The van der Waals surface area contributed by atoms with Crippen LogP contribution in [0.4, 0.5) is 8.78 Å². The van der Waals surface area contributed by atoms with E-state index >= 15 is 0 Å². The highest BCUT2D eigenvalue weighted by Crippen LogP contribution is 2.16. The van der Waals surface area contributed by atoms with Gasteiger partial charge in [0.2, 0.25) is 0 Å². The predicted molar refractivity (Wildman–Crippen MR) is 59.0 cm³/mol. The van der Waals surface area contributed by atoms with Crippen molar-refractivity contribution in [2.45, 2.75) is 12.6 Å². The van der Waals surface area contributed by atoms with E-state index in [1.54, 1.807) is 4.90 Å². The quantitative estimate of drug-likeness (QED) is 0.885. The third-order valence-electron chi connectivity index (χ3n) is 2.91. The van der Waals surface area contributed by atoms with E-state index < -0.39 is 23.6 Å². The first-order chi connectivity index (χ1) is 8.58. The Morgan fingerprint density at radius 1 is 1.50 bits per heavy atom. The maximum absolute atomic E-state index is 13.5. The van der Waals surface area contributed by atoms with Gasteiger partial charge in [0.1, 0.15) is 17.7 Å². The number of carboxylic acids is 1. The molecule has 0 aliphatic carbocycles.